The second-order valence-corrected chi connectivity index (χ2v) is 3.75. The maximum Gasteiger partial charge on any atom is 0.0733 e. The summed E-state index contributed by atoms with van der Waals surface area (Å²) in [5.74, 6) is 0. The van der Waals surface area contributed by atoms with Crippen molar-refractivity contribution in [2.24, 2.45) is 12.8 Å². The molecule has 80 valence electrons. The molecule has 0 saturated carbocycles. The second-order valence-electron chi connectivity index (χ2n) is 3.75. The van der Waals surface area contributed by atoms with E-state index in [4.69, 9.17) is 10.5 Å². The van der Waals surface area contributed by atoms with Crippen molar-refractivity contribution in [2.75, 3.05) is 7.11 Å². The maximum absolute atomic E-state index is 5.62. The van der Waals surface area contributed by atoms with Gasteiger partial charge in [-0.3, -0.25) is 0 Å². The smallest absolute Gasteiger partial charge is 0.0733 e. The average Bonchev–Trinajstić information content (AvgIpc) is 2.56. The van der Waals surface area contributed by atoms with E-state index in [2.05, 4.69) is 29.0 Å². The lowest BCUT2D eigenvalue weighted by Crippen LogP contribution is -1.96. The zero-order valence-corrected chi connectivity index (χ0v) is 9.16. The molecule has 0 aliphatic rings. The molecule has 15 heavy (non-hydrogen) atoms. The minimum absolute atomic E-state index is 0.584. The Morgan fingerprint density at radius 3 is 2.87 bits per heavy atom. The topological polar surface area (TPSA) is 40.2 Å². The normalized spacial score (nSPS) is 11.1. The third kappa shape index (κ3) is 1.76. The van der Waals surface area contributed by atoms with E-state index in [1.807, 2.05) is 7.05 Å². The van der Waals surface area contributed by atoms with Crippen molar-refractivity contribution < 1.29 is 4.74 Å². The molecule has 2 aromatic rings. The summed E-state index contributed by atoms with van der Waals surface area (Å²) in [5.41, 5.74) is 9.22. The summed E-state index contributed by atoms with van der Waals surface area (Å²) in [6.07, 6.45) is 2.11. The summed E-state index contributed by atoms with van der Waals surface area (Å²) in [6.45, 7) is 1.24. The van der Waals surface area contributed by atoms with Crippen LogP contribution in [0.2, 0.25) is 0 Å². The molecule has 3 heteroatoms. The van der Waals surface area contributed by atoms with E-state index < -0.39 is 0 Å². The summed E-state index contributed by atoms with van der Waals surface area (Å²) in [6, 6.07) is 6.32. The number of benzene rings is 1. The number of fused-ring (bicyclic) bond motifs is 1. The second kappa shape index (κ2) is 4.04. The van der Waals surface area contributed by atoms with Crippen LogP contribution in [0.3, 0.4) is 0 Å². The molecule has 0 radical (unpaired) electrons. The minimum Gasteiger partial charge on any atom is -0.380 e. The highest BCUT2D eigenvalue weighted by molar-refractivity contribution is 5.84. The molecule has 2 rings (SSSR count). The van der Waals surface area contributed by atoms with Gasteiger partial charge in [-0.05, 0) is 11.6 Å². The number of methoxy groups -OCH3 is 1. The first-order valence-electron chi connectivity index (χ1n) is 5.02. The predicted octanol–water partition coefficient (Wildman–Crippen LogP) is 1.78. The van der Waals surface area contributed by atoms with Crippen molar-refractivity contribution in [3.8, 4) is 0 Å². The van der Waals surface area contributed by atoms with Crippen molar-refractivity contribution in [1.82, 2.24) is 4.57 Å². The number of aryl methyl sites for hydroxylation is 1. The van der Waals surface area contributed by atoms with Gasteiger partial charge in [0.15, 0.2) is 0 Å². The first-order chi connectivity index (χ1) is 7.26. The third-order valence-electron chi connectivity index (χ3n) is 2.67. The number of aromatic nitrogens is 1. The van der Waals surface area contributed by atoms with Gasteiger partial charge in [-0.2, -0.15) is 0 Å². The summed E-state index contributed by atoms with van der Waals surface area (Å²) < 4.78 is 7.28. The van der Waals surface area contributed by atoms with Crippen LogP contribution in [0, 0.1) is 0 Å². The van der Waals surface area contributed by atoms with Gasteiger partial charge in [0.2, 0.25) is 0 Å². The predicted molar refractivity (Wildman–Crippen MR) is 61.5 cm³/mol. The van der Waals surface area contributed by atoms with Gasteiger partial charge in [0.1, 0.15) is 0 Å². The standard InChI is InChI=1S/C12H16N2O/c1-14-7-10(8-15-2)11-4-3-9(6-13)5-12(11)14/h3-5,7H,6,8,13H2,1-2H3. The zero-order chi connectivity index (χ0) is 10.8. The molecule has 0 unspecified atom stereocenters. The molecule has 1 aromatic carbocycles. The molecule has 3 nitrogen and oxygen atoms in total. The van der Waals surface area contributed by atoms with E-state index in [1.165, 1.54) is 16.5 Å². The summed E-state index contributed by atoms with van der Waals surface area (Å²) in [5, 5.41) is 1.25. The van der Waals surface area contributed by atoms with Crippen molar-refractivity contribution in [3.63, 3.8) is 0 Å². The molecule has 0 amide bonds. The largest absolute Gasteiger partial charge is 0.380 e. The number of rotatable bonds is 3. The van der Waals surface area contributed by atoms with Crippen LogP contribution in [0.15, 0.2) is 24.4 Å². The van der Waals surface area contributed by atoms with Crippen LogP contribution in [0.1, 0.15) is 11.1 Å². The molecule has 2 N–H and O–H groups in total. The Bertz CT molecular complexity index is 474. The van der Waals surface area contributed by atoms with Crippen LogP contribution in [-0.4, -0.2) is 11.7 Å². The van der Waals surface area contributed by atoms with Crippen LogP contribution in [0.25, 0.3) is 10.9 Å². The highest BCUT2D eigenvalue weighted by atomic mass is 16.5. The third-order valence-corrected chi connectivity index (χ3v) is 2.67. The molecule has 0 atom stereocenters. The fraction of sp³-hybridized carbons (Fsp3) is 0.333. The minimum atomic E-state index is 0.584. The van der Waals surface area contributed by atoms with Gasteiger partial charge in [0.25, 0.3) is 0 Å². The van der Waals surface area contributed by atoms with Crippen molar-refractivity contribution in [3.05, 3.63) is 35.5 Å². The highest BCUT2D eigenvalue weighted by Crippen LogP contribution is 2.22. The SMILES string of the molecule is COCc1cn(C)c2cc(CN)ccc12. The maximum atomic E-state index is 5.62. The zero-order valence-electron chi connectivity index (χ0n) is 9.16. The number of ether oxygens (including phenoxy) is 1. The van der Waals surface area contributed by atoms with Gasteiger partial charge in [0, 0.05) is 43.4 Å². The lowest BCUT2D eigenvalue weighted by atomic mass is 10.1. The summed E-state index contributed by atoms with van der Waals surface area (Å²) in [7, 11) is 3.76. The Morgan fingerprint density at radius 1 is 1.40 bits per heavy atom. The van der Waals surface area contributed by atoms with Gasteiger partial charge in [-0.15, -0.1) is 0 Å². The molecular weight excluding hydrogens is 188 g/mol. The average molecular weight is 204 g/mol. The Labute approximate surface area is 89.4 Å². The summed E-state index contributed by atoms with van der Waals surface area (Å²) >= 11 is 0. The molecule has 1 aromatic heterocycles. The van der Waals surface area contributed by atoms with Gasteiger partial charge in [-0.25, -0.2) is 0 Å². The summed E-state index contributed by atoms with van der Waals surface area (Å²) in [4.78, 5) is 0. The van der Waals surface area contributed by atoms with Crippen molar-refractivity contribution >= 4 is 10.9 Å². The first-order valence-corrected chi connectivity index (χ1v) is 5.02. The lowest BCUT2D eigenvalue weighted by molar-refractivity contribution is 0.186. The highest BCUT2D eigenvalue weighted by Gasteiger charge is 2.06. The molecular formula is C12H16N2O. The van der Waals surface area contributed by atoms with Gasteiger partial charge in [0.05, 0.1) is 6.61 Å². The number of hydrogen-bond donors (Lipinski definition) is 1. The van der Waals surface area contributed by atoms with Crippen molar-refractivity contribution in [1.29, 1.82) is 0 Å². The van der Waals surface area contributed by atoms with Gasteiger partial charge < -0.3 is 15.0 Å². The van der Waals surface area contributed by atoms with E-state index in [9.17, 15) is 0 Å². The van der Waals surface area contributed by atoms with Crippen LogP contribution < -0.4 is 5.73 Å². The van der Waals surface area contributed by atoms with Crippen LogP contribution >= 0.6 is 0 Å². The molecule has 0 aliphatic carbocycles. The van der Waals surface area contributed by atoms with E-state index in [1.54, 1.807) is 7.11 Å². The van der Waals surface area contributed by atoms with Gasteiger partial charge in [-0.1, -0.05) is 12.1 Å². The number of nitrogens with zero attached hydrogens (tertiary/aromatic N) is 1. The quantitative estimate of drug-likeness (QED) is 0.828. The fourth-order valence-electron chi connectivity index (χ4n) is 1.91. The molecule has 0 saturated heterocycles. The Balaban J connectivity index is 2.59. The first kappa shape index (κ1) is 10.2. The van der Waals surface area contributed by atoms with E-state index in [0.29, 0.717) is 13.2 Å². The monoisotopic (exact) mass is 204 g/mol. The molecule has 0 spiro atoms. The molecule has 0 aliphatic heterocycles. The number of nitrogens with two attached hydrogens (primary N) is 1. The van der Waals surface area contributed by atoms with Crippen LogP contribution in [0.5, 0.6) is 0 Å². The van der Waals surface area contributed by atoms with E-state index in [-0.39, 0.29) is 0 Å². The van der Waals surface area contributed by atoms with Crippen LogP contribution in [0.4, 0.5) is 0 Å². The van der Waals surface area contributed by atoms with E-state index >= 15 is 0 Å². The van der Waals surface area contributed by atoms with Gasteiger partial charge >= 0.3 is 0 Å². The molecule has 0 fully saturated rings. The Hall–Kier alpha value is -1.32. The van der Waals surface area contributed by atoms with Crippen molar-refractivity contribution in [2.45, 2.75) is 13.2 Å². The number of hydrogen-bond acceptors (Lipinski definition) is 2. The molecule has 0 bridgehead atoms. The van der Waals surface area contributed by atoms with E-state index in [0.717, 1.165) is 5.56 Å². The molecule has 1 heterocycles. The Morgan fingerprint density at radius 2 is 2.20 bits per heavy atom. The fourth-order valence-corrected chi connectivity index (χ4v) is 1.91. The Kier molecular flexibility index (Phi) is 2.75. The lowest BCUT2D eigenvalue weighted by Gasteiger charge is -2.00. The van der Waals surface area contributed by atoms with Crippen LogP contribution in [-0.2, 0) is 24.9 Å².